The molecule has 1 aliphatic carbocycles. The lowest BCUT2D eigenvalue weighted by atomic mass is 9.93. The molecule has 0 bridgehead atoms. The number of hydrogen-bond acceptors (Lipinski definition) is 5. The van der Waals surface area contributed by atoms with Crippen molar-refractivity contribution in [3.8, 4) is 0 Å². The first kappa shape index (κ1) is 18.6. The quantitative estimate of drug-likeness (QED) is 0.755. The van der Waals surface area contributed by atoms with Crippen LogP contribution in [-0.2, 0) is 19.1 Å². The number of hydrogen-bond donors (Lipinski definition) is 1. The Labute approximate surface area is 139 Å². The second-order valence-electron chi connectivity index (χ2n) is 7.52. The molecule has 23 heavy (non-hydrogen) atoms. The summed E-state index contributed by atoms with van der Waals surface area (Å²) in [6.07, 6.45) is 1.71. The van der Waals surface area contributed by atoms with Crippen LogP contribution in [0.2, 0.25) is 0 Å². The average Bonchev–Trinajstić information content (AvgIpc) is 3.20. The summed E-state index contributed by atoms with van der Waals surface area (Å²) >= 11 is 0. The van der Waals surface area contributed by atoms with E-state index in [1.165, 1.54) is 13.5 Å². The van der Waals surface area contributed by atoms with Gasteiger partial charge >= 0.3 is 0 Å². The Balaban J connectivity index is 1.93. The van der Waals surface area contributed by atoms with Crippen LogP contribution in [0.3, 0.4) is 0 Å². The van der Waals surface area contributed by atoms with Crippen molar-refractivity contribution in [2.75, 3.05) is 14.2 Å². The van der Waals surface area contributed by atoms with E-state index in [4.69, 9.17) is 14.3 Å². The third kappa shape index (κ3) is 4.66. The Morgan fingerprint density at radius 3 is 2.52 bits per heavy atom. The molecule has 0 aromatic carbocycles. The third-order valence-electron chi connectivity index (χ3n) is 5.09. The van der Waals surface area contributed by atoms with Gasteiger partial charge in [-0.05, 0) is 32.1 Å². The van der Waals surface area contributed by atoms with Crippen LogP contribution >= 0.6 is 0 Å². The molecular formula is C17H31NO5. The van der Waals surface area contributed by atoms with Crippen LogP contribution in [0.5, 0.6) is 0 Å². The first-order chi connectivity index (χ1) is 10.6. The summed E-state index contributed by atoms with van der Waals surface area (Å²) in [4.78, 5) is 17.0. The molecule has 2 fully saturated rings. The summed E-state index contributed by atoms with van der Waals surface area (Å²) in [7, 11) is 2.98. The lowest BCUT2D eigenvalue weighted by molar-refractivity contribution is -0.307. The lowest BCUT2D eigenvalue weighted by Gasteiger charge is -2.42. The topological polar surface area (TPSA) is 68.2 Å². The van der Waals surface area contributed by atoms with Crippen molar-refractivity contribution in [3.63, 3.8) is 0 Å². The molecule has 0 unspecified atom stereocenters. The van der Waals surface area contributed by atoms with Crippen LogP contribution in [0, 0.1) is 17.8 Å². The number of rotatable bonds is 6. The number of carbonyl (C=O) groups is 1. The number of aliphatic hydroxyl groups excluding tert-OH is 1. The van der Waals surface area contributed by atoms with Crippen LogP contribution in [-0.4, -0.2) is 54.3 Å². The van der Waals surface area contributed by atoms with Gasteiger partial charge in [0.15, 0.2) is 5.79 Å². The van der Waals surface area contributed by atoms with Crippen molar-refractivity contribution >= 4 is 5.91 Å². The minimum atomic E-state index is -0.767. The van der Waals surface area contributed by atoms with Crippen molar-refractivity contribution in [2.45, 2.75) is 71.1 Å². The van der Waals surface area contributed by atoms with E-state index in [-0.39, 0.29) is 18.1 Å². The minimum absolute atomic E-state index is 0.102. The Morgan fingerprint density at radius 1 is 1.39 bits per heavy atom. The highest BCUT2D eigenvalue weighted by Crippen LogP contribution is 2.47. The lowest BCUT2D eigenvalue weighted by Crippen LogP contribution is -2.47. The molecule has 1 heterocycles. The van der Waals surface area contributed by atoms with E-state index in [1.807, 2.05) is 13.8 Å². The number of carbonyl (C=O) groups excluding carboxylic acids is 1. The molecule has 1 saturated carbocycles. The number of nitrogens with zero attached hydrogens (tertiary/aromatic N) is 1. The monoisotopic (exact) mass is 329 g/mol. The van der Waals surface area contributed by atoms with Gasteiger partial charge in [-0.3, -0.25) is 9.63 Å². The molecule has 134 valence electrons. The maximum absolute atomic E-state index is 12.1. The highest BCUT2D eigenvalue weighted by Gasteiger charge is 2.47. The molecule has 0 aromatic heterocycles. The molecule has 6 nitrogen and oxygen atoms in total. The highest BCUT2D eigenvalue weighted by atomic mass is 16.7. The molecule has 6 heteroatoms. The molecule has 0 aromatic rings. The zero-order valence-corrected chi connectivity index (χ0v) is 15.1. The molecule has 6 atom stereocenters. The average molecular weight is 329 g/mol. The molecule has 2 aliphatic rings. The predicted octanol–water partition coefficient (Wildman–Crippen LogP) is 1.96. The van der Waals surface area contributed by atoms with E-state index in [9.17, 15) is 9.90 Å². The Kier molecular flexibility index (Phi) is 5.72. The summed E-state index contributed by atoms with van der Waals surface area (Å²) in [5.41, 5.74) is 0. The molecule has 1 amide bonds. The number of amides is 1. The molecule has 1 saturated heterocycles. The third-order valence-corrected chi connectivity index (χ3v) is 5.09. The summed E-state index contributed by atoms with van der Waals surface area (Å²) in [6, 6.07) is 0. The standard InChI is InChI=1S/C17H31NO5/c1-10-7-13(10)15-9-12(22-17(3,4)23-15)8-14(19)11(2)16(20)18(5)21-6/h10-15,19H,7-9H2,1-6H3/t10-,11-,12+,13-,14+,15+/m1/s1. The smallest absolute Gasteiger partial charge is 0.251 e. The summed E-state index contributed by atoms with van der Waals surface area (Å²) in [5.74, 6) is -0.120. The zero-order chi connectivity index (χ0) is 17.4. The van der Waals surface area contributed by atoms with Crippen LogP contribution in [0.4, 0.5) is 0 Å². The van der Waals surface area contributed by atoms with E-state index < -0.39 is 17.8 Å². The van der Waals surface area contributed by atoms with Crippen LogP contribution in [0.1, 0.15) is 47.0 Å². The Morgan fingerprint density at radius 2 is 2.00 bits per heavy atom. The van der Waals surface area contributed by atoms with Crippen molar-refractivity contribution in [1.29, 1.82) is 0 Å². The van der Waals surface area contributed by atoms with E-state index >= 15 is 0 Å². The van der Waals surface area contributed by atoms with Gasteiger partial charge in [-0.1, -0.05) is 13.8 Å². The van der Waals surface area contributed by atoms with E-state index in [1.54, 1.807) is 14.0 Å². The van der Waals surface area contributed by atoms with Crippen molar-refractivity contribution in [3.05, 3.63) is 0 Å². The summed E-state index contributed by atoms with van der Waals surface area (Å²) in [5, 5.41) is 11.6. The maximum Gasteiger partial charge on any atom is 0.251 e. The molecule has 2 rings (SSSR count). The number of aliphatic hydroxyl groups is 1. The van der Waals surface area contributed by atoms with Gasteiger partial charge in [-0.15, -0.1) is 0 Å². The largest absolute Gasteiger partial charge is 0.392 e. The minimum Gasteiger partial charge on any atom is -0.392 e. The summed E-state index contributed by atoms with van der Waals surface area (Å²) < 4.78 is 12.0. The fourth-order valence-electron chi connectivity index (χ4n) is 3.44. The molecular weight excluding hydrogens is 298 g/mol. The first-order valence-electron chi connectivity index (χ1n) is 8.50. The van der Waals surface area contributed by atoms with E-state index in [2.05, 4.69) is 6.92 Å². The normalized spacial score (nSPS) is 35.4. The zero-order valence-electron chi connectivity index (χ0n) is 15.1. The fraction of sp³-hybridized carbons (Fsp3) is 0.941. The van der Waals surface area contributed by atoms with Gasteiger partial charge in [0.1, 0.15) is 0 Å². The number of hydroxylamine groups is 2. The Hall–Kier alpha value is -0.690. The van der Waals surface area contributed by atoms with Crippen LogP contribution < -0.4 is 0 Å². The molecule has 1 aliphatic heterocycles. The van der Waals surface area contributed by atoms with E-state index in [0.717, 1.165) is 11.5 Å². The van der Waals surface area contributed by atoms with Crippen molar-refractivity contribution in [1.82, 2.24) is 5.06 Å². The van der Waals surface area contributed by atoms with Crippen LogP contribution in [0.25, 0.3) is 0 Å². The second-order valence-corrected chi connectivity index (χ2v) is 7.52. The van der Waals surface area contributed by atoms with Gasteiger partial charge in [0, 0.05) is 19.9 Å². The van der Waals surface area contributed by atoms with Gasteiger partial charge in [-0.25, -0.2) is 5.06 Å². The fourth-order valence-corrected chi connectivity index (χ4v) is 3.44. The van der Waals surface area contributed by atoms with Crippen molar-refractivity contribution in [2.24, 2.45) is 17.8 Å². The first-order valence-corrected chi connectivity index (χ1v) is 8.50. The maximum atomic E-state index is 12.1. The molecule has 1 N–H and O–H groups in total. The molecule has 0 spiro atoms. The Bertz CT molecular complexity index is 427. The van der Waals surface area contributed by atoms with Gasteiger partial charge < -0.3 is 14.6 Å². The van der Waals surface area contributed by atoms with Gasteiger partial charge in [0.2, 0.25) is 0 Å². The van der Waals surface area contributed by atoms with Crippen LogP contribution in [0.15, 0.2) is 0 Å². The predicted molar refractivity (Wildman–Crippen MR) is 85.3 cm³/mol. The second kappa shape index (κ2) is 7.05. The highest BCUT2D eigenvalue weighted by molar-refractivity contribution is 5.77. The van der Waals surface area contributed by atoms with Gasteiger partial charge in [-0.2, -0.15) is 0 Å². The van der Waals surface area contributed by atoms with E-state index in [0.29, 0.717) is 18.3 Å². The van der Waals surface area contributed by atoms with Crippen molar-refractivity contribution < 1.29 is 24.2 Å². The molecule has 0 radical (unpaired) electrons. The van der Waals surface area contributed by atoms with Gasteiger partial charge in [0.25, 0.3) is 5.91 Å². The SMILES string of the molecule is CON(C)C(=O)[C@H](C)[C@@H](O)C[C@H]1C[C@@H]([C@@H]2C[C@H]2C)OC(C)(C)O1. The summed E-state index contributed by atoms with van der Waals surface area (Å²) in [6.45, 7) is 7.78. The number of ether oxygens (including phenoxy) is 2. The van der Waals surface area contributed by atoms with Gasteiger partial charge in [0.05, 0.1) is 31.3 Å².